The second-order valence-corrected chi connectivity index (χ2v) is 5.09. The van der Waals surface area contributed by atoms with Crippen LogP contribution in [0.25, 0.3) is 11.4 Å². The van der Waals surface area contributed by atoms with Crippen molar-refractivity contribution in [2.75, 3.05) is 23.8 Å². The van der Waals surface area contributed by atoms with Crippen molar-refractivity contribution in [1.29, 1.82) is 0 Å². The minimum atomic E-state index is 0.271. The fourth-order valence-corrected chi connectivity index (χ4v) is 2.93. The van der Waals surface area contributed by atoms with Crippen molar-refractivity contribution in [3.05, 3.63) is 24.3 Å². The van der Waals surface area contributed by atoms with Crippen LogP contribution in [0.2, 0.25) is 0 Å². The van der Waals surface area contributed by atoms with Crippen LogP contribution in [0.3, 0.4) is 0 Å². The van der Waals surface area contributed by atoms with Gasteiger partial charge in [0.05, 0.1) is 18.8 Å². The number of aromatic amines is 1. The van der Waals surface area contributed by atoms with Crippen molar-refractivity contribution in [3.63, 3.8) is 0 Å². The van der Waals surface area contributed by atoms with Crippen LogP contribution in [0.15, 0.2) is 24.3 Å². The summed E-state index contributed by atoms with van der Waals surface area (Å²) in [5, 5.41) is 6.66. The molecular weight excluding hydrogens is 242 g/mol. The number of aromatic nitrogens is 3. The number of rotatable bonds is 2. The number of anilines is 2. The molecule has 0 amide bonds. The molecule has 3 N–H and O–H groups in total. The maximum Gasteiger partial charge on any atom is 0.239 e. The van der Waals surface area contributed by atoms with E-state index in [4.69, 9.17) is 10.5 Å². The van der Waals surface area contributed by atoms with Gasteiger partial charge in [0.1, 0.15) is 0 Å². The molecule has 2 saturated heterocycles. The summed E-state index contributed by atoms with van der Waals surface area (Å²) in [4.78, 5) is 6.55. The van der Waals surface area contributed by atoms with E-state index in [1.165, 1.54) is 5.69 Å². The molecule has 4 rings (SSSR count). The molecule has 0 unspecified atom stereocenters. The Kier molecular flexibility index (Phi) is 2.25. The Bertz CT molecular complexity index is 593. The summed E-state index contributed by atoms with van der Waals surface area (Å²) < 4.78 is 5.62. The smallest absolute Gasteiger partial charge is 0.239 e. The summed E-state index contributed by atoms with van der Waals surface area (Å²) in [7, 11) is 0. The molecule has 19 heavy (non-hydrogen) atoms. The van der Waals surface area contributed by atoms with Gasteiger partial charge in [-0.1, -0.05) is 0 Å². The van der Waals surface area contributed by atoms with Gasteiger partial charge >= 0.3 is 0 Å². The lowest BCUT2D eigenvalue weighted by molar-refractivity contribution is 0.0991. The van der Waals surface area contributed by atoms with Gasteiger partial charge in [-0.05, 0) is 30.7 Å². The first-order chi connectivity index (χ1) is 9.29. The number of nitrogens with zero attached hydrogens (tertiary/aromatic N) is 3. The van der Waals surface area contributed by atoms with Gasteiger partial charge in [-0.25, -0.2) is 0 Å². The van der Waals surface area contributed by atoms with Gasteiger partial charge < -0.3 is 15.4 Å². The Hall–Kier alpha value is -2.08. The normalized spacial score (nSPS) is 25.2. The van der Waals surface area contributed by atoms with Crippen LogP contribution in [0.1, 0.15) is 6.42 Å². The van der Waals surface area contributed by atoms with Crippen molar-refractivity contribution >= 4 is 11.6 Å². The number of benzene rings is 1. The van der Waals surface area contributed by atoms with Gasteiger partial charge in [-0.3, -0.25) is 5.10 Å². The molecule has 2 atom stereocenters. The monoisotopic (exact) mass is 257 g/mol. The number of nitrogen functional groups attached to an aromatic ring is 1. The zero-order valence-corrected chi connectivity index (χ0v) is 10.4. The van der Waals surface area contributed by atoms with E-state index in [-0.39, 0.29) is 5.95 Å². The molecule has 2 aromatic rings. The van der Waals surface area contributed by atoms with Crippen molar-refractivity contribution in [2.24, 2.45) is 0 Å². The second kappa shape index (κ2) is 3.96. The van der Waals surface area contributed by atoms with Crippen LogP contribution >= 0.6 is 0 Å². The van der Waals surface area contributed by atoms with Crippen molar-refractivity contribution in [3.8, 4) is 11.4 Å². The van der Waals surface area contributed by atoms with E-state index in [2.05, 4.69) is 32.2 Å². The predicted molar refractivity (Wildman–Crippen MR) is 71.7 cm³/mol. The maximum absolute atomic E-state index is 5.62. The Morgan fingerprint density at radius 3 is 2.74 bits per heavy atom. The average Bonchev–Trinajstić information content (AvgIpc) is 3.14. The number of morpholine rings is 1. The summed E-state index contributed by atoms with van der Waals surface area (Å²) in [6, 6.07) is 8.87. The maximum atomic E-state index is 5.62. The molecule has 2 aliphatic heterocycles. The molecule has 2 fully saturated rings. The Balaban J connectivity index is 1.59. The summed E-state index contributed by atoms with van der Waals surface area (Å²) in [5.74, 6) is 0.975. The molecule has 6 nitrogen and oxygen atoms in total. The van der Waals surface area contributed by atoms with E-state index in [1.807, 2.05) is 12.1 Å². The second-order valence-electron chi connectivity index (χ2n) is 5.09. The summed E-state index contributed by atoms with van der Waals surface area (Å²) in [6.07, 6.45) is 1.57. The summed E-state index contributed by atoms with van der Waals surface area (Å²) >= 11 is 0. The van der Waals surface area contributed by atoms with Gasteiger partial charge in [0.2, 0.25) is 5.95 Å². The summed E-state index contributed by atoms with van der Waals surface area (Å²) in [6.45, 7) is 1.85. The standard InChI is InChI=1S/C13H15N5O/c14-13-15-12(16-17-13)8-1-3-9(4-2-8)18-6-11-5-10(18)7-19-11/h1-4,10-11H,5-7H2,(H3,14,15,16,17)/t10-,11-/m1/s1. The molecule has 1 aromatic carbocycles. The van der Waals surface area contributed by atoms with Crippen LogP contribution in [-0.2, 0) is 4.74 Å². The fourth-order valence-electron chi connectivity index (χ4n) is 2.93. The topological polar surface area (TPSA) is 80.1 Å². The number of nitrogens with one attached hydrogen (secondary N) is 1. The van der Waals surface area contributed by atoms with Crippen LogP contribution in [0, 0.1) is 0 Å². The van der Waals surface area contributed by atoms with Crippen LogP contribution < -0.4 is 10.6 Å². The molecule has 0 radical (unpaired) electrons. The average molecular weight is 257 g/mol. The Labute approximate surface area is 110 Å². The van der Waals surface area contributed by atoms with E-state index in [0.29, 0.717) is 18.0 Å². The Morgan fingerprint density at radius 1 is 1.32 bits per heavy atom. The molecule has 6 heteroatoms. The lowest BCUT2D eigenvalue weighted by Crippen LogP contribution is -2.36. The highest BCUT2D eigenvalue weighted by molar-refractivity contribution is 5.61. The fraction of sp³-hybridized carbons (Fsp3) is 0.385. The summed E-state index contributed by atoms with van der Waals surface area (Å²) in [5.41, 5.74) is 7.75. The van der Waals surface area contributed by atoms with Crippen LogP contribution in [0.5, 0.6) is 0 Å². The highest BCUT2D eigenvalue weighted by Crippen LogP contribution is 2.33. The number of fused-ring (bicyclic) bond motifs is 2. The zero-order chi connectivity index (χ0) is 12.8. The van der Waals surface area contributed by atoms with Crippen molar-refractivity contribution < 1.29 is 4.74 Å². The molecule has 2 bridgehead atoms. The first kappa shape index (κ1) is 10.8. The van der Waals surface area contributed by atoms with Crippen LogP contribution in [-0.4, -0.2) is 40.5 Å². The molecule has 0 aliphatic carbocycles. The number of ether oxygens (including phenoxy) is 1. The van der Waals surface area contributed by atoms with Crippen LogP contribution in [0.4, 0.5) is 11.6 Å². The van der Waals surface area contributed by atoms with E-state index in [0.717, 1.165) is 25.1 Å². The third-order valence-electron chi connectivity index (χ3n) is 3.88. The van der Waals surface area contributed by atoms with E-state index in [9.17, 15) is 0 Å². The number of hydrogen-bond acceptors (Lipinski definition) is 5. The number of hydrogen-bond donors (Lipinski definition) is 2. The van der Waals surface area contributed by atoms with E-state index in [1.54, 1.807) is 0 Å². The largest absolute Gasteiger partial charge is 0.374 e. The third kappa shape index (κ3) is 1.76. The third-order valence-corrected chi connectivity index (χ3v) is 3.88. The molecular formula is C13H15N5O. The number of H-pyrrole nitrogens is 1. The highest BCUT2D eigenvalue weighted by Gasteiger charge is 2.38. The quantitative estimate of drug-likeness (QED) is 0.840. The number of nitrogens with two attached hydrogens (primary N) is 1. The van der Waals surface area contributed by atoms with Gasteiger partial charge in [0.15, 0.2) is 5.82 Å². The zero-order valence-electron chi connectivity index (χ0n) is 10.4. The van der Waals surface area contributed by atoms with E-state index < -0.39 is 0 Å². The minimum Gasteiger partial charge on any atom is -0.374 e. The first-order valence-electron chi connectivity index (χ1n) is 6.46. The molecule has 0 saturated carbocycles. The molecule has 3 heterocycles. The van der Waals surface area contributed by atoms with Gasteiger partial charge in [-0.2, -0.15) is 4.98 Å². The first-order valence-corrected chi connectivity index (χ1v) is 6.46. The van der Waals surface area contributed by atoms with Gasteiger partial charge in [0.25, 0.3) is 0 Å². The lowest BCUT2D eigenvalue weighted by atomic mass is 10.1. The van der Waals surface area contributed by atoms with E-state index >= 15 is 0 Å². The van der Waals surface area contributed by atoms with Gasteiger partial charge in [0, 0.05) is 17.8 Å². The Morgan fingerprint density at radius 2 is 2.16 bits per heavy atom. The van der Waals surface area contributed by atoms with Crippen molar-refractivity contribution in [1.82, 2.24) is 15.2 Å². The molecule has 1 aromatic heterocycles. The molecule has 98 valence electrons. The SMILES string of the molecule is Nc1n[nH]c(-c2ccc(N3C[C@H]4C[C@@H]3CO4)cc2)n1. The highest BCUT2D eigenvalue weighted by atomic mass is 16.5. The minimum absolute atomic E-state index is 0.271. The predicted octanol–water partition coefficient (Wildman–Crippen LogP) is 1.03. The van der Waals surface area contributed by atoms with Crippen molar-refractivity contribution in [2.45, 2.75) is 18.6 Å². The lowest BCUT2D eigenvalue weighted by Gasteiger charge is -2.29. The molecule has 0 spiro atoms. The molecule has 2 aliphatic rings. The van der Waals surface area contributed by atoms with Gasteiger partial charge in [-0.15, -0.1) is 5.10 Å².